The van der Waals surface area contributed by atoms with E-state index in [-0.39, 0.29) is 44.2 Å². The Kier molecular flexibility index (Phi) is 28.9. The number of ether oxygens (including phenoxy) is 2. The third kappa shape index (κ3) is 25.9. The van der Waals surface area contributed by atoms with Crippen LogP contribution in [0.5, 0.6) is 0 Å². The SMILES string of the molecule is CCCCCCCCCCCCOC(=O)CC(C(=O)OCCCCCCCCCCCC)S(=O)(=O)O.[H-].[Na+]. The van der Waals surface area contributed by atoms with Crippen molar-refractivity contribution >= 4 is 22.1 Å². The quantitative estimate of drug-likeness (QED) is 0.0711. The maximum absolute atomic E-state index is 12.2. The number of hydrogen-bond acceptors (Lipinski definition) is 6. The summed E-state index contributed by atoms with van der Waals surface area (Å²) in [5, 5.41) is -1.93. The van der Waals surface area contributed by atoms with Crippen molar-refractivity contribution in [1.82, 2.24) is 0 Å². The summed E-state index contributed by atoms with van der Waals surface area (Å²) in [6, 6.07) is 0. The van der Waals surface area contributed by atoms with Gasteiger partial charge in [0.05, 0.1) is 19.6 Å². The van der Waals surface area contributed by atoms with Crippen molar-refractivity contribution < 1.29 is 63.0 Å². The van der Waals surface area contributed by atoms with E-state index in [0.29, 0.717) is 12.8 Å². The first kappa shape index (κ1) is 39.0. The van der Waals surface area contributed by atoms with E-state index >= 15 is 0 Å². The van der Waals surface area contributed by atoms with Crippen LogP contribution in [-0.4, -0.2) is 43.4 Å². The molecule has 0 aliphatic heterocycles. The molecule has 0 aliphatic rings. The van der Waals surface area contributed by atoms with Gasteiger partial charge < -0.3 is 10.9 Å². The summed E-state index contributed by atoms with van der Waals surface area (Å²) in [5.74, 6) is -1.91. The van der Waals surface area contributed by atoms with Gasteiger partial charge in [-0.15, -0.1) is 0 Å². The minimum absolute atomic E-state index is 0. The molecule has 0 saturated heterocycles. The summed E-state index contributed by atoms with van der Waals surface area (Å²) in [4.78, 5) is 24.2. The van der Waals surface area contributed by atoms with Crippen molar-refractivity contribution in [2.75, 3.05) is 13.2 Å². The van der Waals surface area contributed by atoms with Crippen molar-refractivity contribution in [3.63, 3.8) is 0 Å². The summed E-state index contributed by atoms with van der Waals surface area (Å²) in [6.45, 7) is 4.67. The Labute approximate surface area is 251 Å². The molecule has 0 amide bonds. The summed E-state index contributed by atoms with van der Waals surface area (Å²) >= 11 is 0. The van der Waals surface area contributed by atoms with Crippen LogP contribution >= 0.6 is 0 Å². The fraction of sp³-hybridized carbons (Fsp3) is 0.929. The van der Waals surface area contributed by atoms with Gasteiger partial charge in [-0.05, 0) is 12.8 Å². The van der Waals surface area contributed by atoms with Crippen molar-refractivity contribution in [2.24, 2.45) is 0 Å². The number of esters is 2. The molecule has 7 nitrogen and oxygen atoms in total. The summed E-state index contributed by atoms with van der Waals surface area (Å²) < 4.78 is 42.7. The molecular formula is C28H55NaO7S. The van der Waals surface area contributed by atoms with Gasteiger partial charge in [0.2, 0.25) is 0 Å². The van der Waals surface area contributed by atoms with Gasteiger partial charge in [0.15, 0.2) is 5.25 Å². The van der Waals surface area contributed by atoms with Gasteiger partial charge in [0.25, 0.3) is 10.1 Å². The van der Waals surface area contributed by atoms with Crippen molar-refractivity contribution in [3.05, 3.63) is 0 Å². The molecule has 0 rings (SSSR count). The first-order valence-electron chi connectivity index (χ1n) is 14.6. The van der Waals surface area contributed by atoms with E-state index in [1.165, 1.54) is 77.0 Å². The first-order chi connectivity index (χ1) is 17.3. The van der Waals surface area contributed by atoms with Crippen molar-refractivity contribution in [3.8, 4) is 0 Å². The summed E-state index contributed by atoms with van der Waals surface area (Å²) in [7, 11) is -4.75. The van der Waals surface area contributed by atoms with Crippen molar-refractivity contribution in [2.45, 2.75) is 154 Å². The number of carbonyl (C=O) groups is 2. The molecule has 0 saturated carbocycles. The third-order valence-electron chi connectivity index (χ3n) is 6.48. The fourth-order valence-electron chi connectivity index (χ4n) is 4.15. The van der Waals surface area contributed by atoms with Gasteiger partial charge in [-0.1, -0.05) is 129 Å². The number of rotatable bonds is 26. The fourth-order valence-corrected chi connectivity index (χ4v) is 4.81. The molecule has 1 N–H and O–H groups in total. The molecule has 1 atom stereocenters. The topological polar surface area (TPSA) is 107 Å². The zero-order valence-corrected chi connectivity index (χ0v) is 27.0. The molecular weight excluding hydrogens is 503 g/mol. The van der Waals surface area contributed by atoms with Gasteiger partial charge in [0, 0.05) is 0 Å². The smallest absolute Gasteiger partial charge is 1.00 e. The predicted molar refractivity (Wildman–Crippen MR) is 147 cm³/mol. The summed E-state index contributed by atoms with van der Waals surface area (Å²) in [5.41, 5.74) is 0. The van der Waals surface area contributed by atoms with E-state index in [1.54, 1.807) is 0 Å². The second kappa shape index (κ2) is 27.4. The monoisotopic (exact) mass is 558 g/mol. The maximum atomic E-state index is 12.2. The van der Waals surface area contributed by atoms with Gasteiger partial charge in [-0.2, -0.15) is 8.42 Å². The molecule has 0 aromatic heterocycles. The van der Waals surface area contributed by atoms with Crippen LogP contribution in [0, 0.1) is 0 Å². The first-order valence-corrected chi connectivity index (χ1v) is 16.1. The van der Waals surface area contributed by atoms with E-state index in [1.807, 2.05) is 0 Å². The minimum atomic E-state index is -4.75. The van der Waals surface area contributed by atoms with Crippen LogP contribution in [0.25, 0.3) is 0 Å². The Balaban J connectivity index is -0.00000612. The minimum Gasteiger partial charge on any atom is -1.00 e. The number of hydrogen-bond donors (Lipinski definition) is 1. The number of unbranched alkanes of at least 4 members (excludes halogenated alkanes) is 18. The Morgan fingerprint density at radius 2 is 0.946 bits per heavy atom. The van der Waals surface area contributed by atoms with Gasteiger partial charge in [-0.25, -0.2) is 0 Å². The molecule has 0 bridgehead atoms. The molecule has 0 radical (unpaired) electrons. The standard InChI is InChI=1S/C28H54O7S.Na.H/c1-3-5-7-9-11-13-15-17-19-21-23-34-27(29)25-26(36(31,32)33)28(30)35-24-22-20-18-16-14-12-10-8-6-4-2;;/h26H,3-25H2,1-2H3,(H,31,32,33);;/q;+1;-1. The van der Waals surface area contributed by atoms with E-state index in [0.717, 1.165) is 38.5 Å². The van der Waals surface area contributed by atoms with Crippen LogP contribution in [0.1, 0.15) is 150 Å². The second-order valence-corrected chi connectivity index (χ2v) is 11.6. The normalized spacial score (nSPS) is 12.1. The van der Waals surface area contributed by atoms with Gasteiger partial charge in [-0.3, -0.25) is 14.1 Å². The largest absolute Gasteiger partial charge is 1.00 e. The average Bonchev–Trinajstić information content (AvgIpc) is 2.83. The van der Waals surface area contributed by atoms with E-state index < -0.39 is 33.7 Å². The molecule has 216 valence electrons. The van der Waals surface area contributed by atoms with Crippen molar-refractivity contribution in [1.29, 1.82) is 0 Å². The van der Waals surface area contributed by atoms with E-state index in [2.05, 4.69) is 13.8 Å². The van der Waals surface area contributed by atoms with Crippen LogP contribution in [0.4, 0.5) is 0 Å². The van der Waals surface area contributed by atoms with Gasteiger partial charge >= 0.3 is 41.5 Å². The van der Waals surface area contributed by atoms with Crippen LogP contribution in [-0.2, 0) is 29.2 Å². The molecule has 0 aromatic rings. The second-order valence-electron chi connectivity index (χ2n) is 9.96. The summed E-state index contributed by atoms with van der Waals surface area (Å²) in [6.07, 6.45) is 22.1. The Morgan fingerprint density at radius 3 is 1.30 bits per heavy atom. The average molecular weight is 559 g/mol. The molecule has 0 aliphatic carbocycles. The predicted octanol–water partition coefficient (Wildman–Crippen LogP) is 4.68. The van der Waals surface area contributed by atoms with E-state index in [4.69, 9.17) is 9.47 Å². The van der Waals surface area contributed by atoms with E-state index in [9.17, 15) is 22.6 Å². The zero-order valence-electron chi connectivity index (χ0n) is 25.1. The number of carbonyl (C=O) groups excluding carboxylic acids is 2. The third-order valence-corrected chi connectivity index (χ3v) is 7.56. The van der Waals surface area contributed by atoms with Crippen LogP contribution in [0.2, 0.25) is 0 Å². The molecule has 9 heteroatoms. The molecule has 0 spiro atoms. The van der Waals surface area contributed by atoms with Gasteiger partial charge in [0.1, 0.15) is 0 Å². The molecule has 0 fully saturated rings. The van der Waals surface area contributed by atoms with Crippen LogP contribution in [0.3, 0.4) is 0 Å². The zero-order chi connectivity index (χ0) is 26.9. The Hall–Kier alpha value is -0.150. The molecule has 37 heavy (non-hydrogen) atoms. The Bertz CT molecular complexity index is 647. The molecule has 0 aromatic carbocycles. The maximum Gasteiger partial charge on any atom is 1.00 e. The van der Waals surface area contributed by atoms with Crippen LogP contribution in [0.15, 0.2) is 0 Å². The molecule has 1 unspecified atom stereocenters. The molecule has 0 heterocycles. The Morgan fingerprint density at radius 1 is 0.622 bits per heavy atom. The van der Waals surface area contributed by atoms with Crippen LogP contribution < -0.4 is 29.6 Å².